The standard InChI is InChI=1S/C10H21NO/c1-3-10(2)4-5-11-6-8-12-9-7-11/h10H,3-9H2,1-2H3. The molecule has 0 N–H and O–H groups in total. The van der Waals surface area contributed by atoms with Crippen LogP contribution < -0.4 is 0 Å². The van der Waals surface area contributed by atoms with E-state index < -0.39 is 0 Å². The van der Waals surface area contributed by atoms with Crippen LogP contribution in [0.25, 0.3) is 0 Å². The Balaban J connectivity index is 2.05. The van der Waals surface area contributed by atoms with E-state index in [4.69, 9.17) is 4.74 Å². The van der Waals surface area contributed by atoms with E-state index in [-0.39, 0.29) is 0 Å². The van der Waals surface area contributed by atoms with Crippen molar-refractivity contribution in [2.45, 2.75) is 26.7 Å². The quantitative estimate of drug-likeness (QED) is 0.639. The molecule has 1 rings (SSSR count). The van der Waals surface area contributed by atoms with Gasteiger partial charge in [0.05, 0.1) is 13.2 Å². The molecule has 1 aliphatic heterocycles. The van der Waals surface area contributed by atoms with Crippen LogP contribution in [-0.2, 0) is 4.74 Å². The van der Waals surface area contributed by atoms with Crippen LogP contribution in [0.15, 0.2) is 0 Å². The van der Waals surface area contributed by atoms with Crippen molar-refractivity contribution >= 4 is 0 Å². The fourth-order valence-electron chi connectivity index (χ4n) is 1.43. The lowest BCUT2D eigenvalue weighted by Gasteiger charge is -2.27. The predicted octanol–water partition coefficient (Wildman–Crippen LogP) is 1.75. The number of ether oxygens (including phenoxy) is 1. The maximum Gasteiger partial charge on any atom is 0.0594 e. The van der Waals surface area contributed by atoms with Crippen molar-refractivity contribution in [2.24, 2.45) is 5.92 Å². The van der Waals surface area contributed by atoms with Crippen molar-refractivity contribution in [3.63, 3.8) is 0 Å². The molecule has 1 atom stereocenters. The van der Waals surface area contributed by atoms with Crippen LogP contribution in [0.1, 0.15) is 26.7 Å². The Morgan fingerprint density at radius 3 is 2.58 bits per heavy atom. The predicted molar refractivity (Wildman–Crippen MR) is 51.3 cm³/mol. The fourth-order valence-corrected chi connectivity index (χ4v) is 1.43. The highest BCUT2D eigenvalue weighted by Crippen LogP contribution is 2.08. The summed E-state index contributed by atoms with van der Waals surface area (Å²) in [6, 6.07) is 0. The van der Waals surface area contributed by atoms with Gasteiger partial charge < -0.3 is 4.74 Å². The van der Waals surface area contributed by atoms with Crippen LogP contribution in [0.5, 0.6) is 0 Å². The largest absolute Gasteiger partial charge is 0.379 e. The molecule has 12 heavy (non-hydrogen) atoms. The van der Waals surface area contributed by atoms with Gasteiger partial charge in [0.2, 0.25) is 0 Å². The first-order valence-electron chi connectivity index (χ1n) is 5.13. The molecule has 0 bridgehead atoms. The molecule has 1 heterocycles. The lowest BCUT2D eigenvalue weighted by Crippen LogP contribution is -2.37. The van der Waals surface area contributed by atoms with Gasteiger partial charge in [-0.15, -0.1) is 0 Å². The third-order valence-corrected chi connectivity index (χ3v) is 2.74. The van der Waals surface area contributed by atoms with Crippen molar-refractivity contribution in [2.75, 3.05) is 32.8 Å². The van der Waals surface area contributed by atoms with Gasteiger partial charge in [-0.25, -0.2) is 0 Å². The number of rotatable bonds is 4. The summed E-state index contributed by atoms with van der Waals surface area (Å²) in [5.41, 5.74) is 0. The third kappa shape index (κ3) is 3.55. The average molecular weight is 171 g/mol. The minimum Gasteiger partial charge on any atom is -0.379 e. The van der Waals surface area contributed by atoms with Gasteiger partial charge in [0, 0.05) is 13.1 Å². The average Bonchev–Trinajstić information content (AvgIpc) is 2.16. The monoisotopic (exact) mass is 171 g/mol. The fraction of sp³-hybridized carbons (Fsp3) is 1.00. The first-order valence-corrected chi connectivity index (χ1v) is 5.13. The smallest absolute Gasteiger partial charge is 0.0594 e. The van der Waals surface area contributed by atoms with E-state index in [0.717, 1.165) is 32.2 Å². The van der Waals surface area contributed by atoms with E-state index in [2.05, 4.69) is 18.7 Å². The van der Waals surface area contributed by atoms with E-state index in [0.29, 0.717) is 0 Å². The molecule has 72 valence electrons. The number of hydrogen-bond acceptors (Lipinski definition) is 2. The van der Waals surface area contributed by atoms with Crippen molar-refractivity contribution in [1.29, 1.82) is 0 Å². The molecule has 0 saturated carbocycles. The maximum atomic E-state index is 5.29. The molecule has 2 heteroatoms. The maximum absolute atomic E-state index is 5.29. The van der Waals surface area contributed by atoms with Gasteiger partial charge >= 0.3 is 0 Å². The third-order valence-electron chi connectivity index (χ3n) is 2.74. The molecule has 1 saturated heterocycles. The van der Waals surface area contributed by atoms with Gasteiger partial charge in [0.1, 0.15) is 0 Å². The summed E-state index contributed by atoms with van der Waals surface area (Å²) in [6.07, 6.45) is 2.65. The van der Waals surface area contributed by atoms with Gasteiger partial charge in [-0.2, -0.15) is 0 Å². The van der Waals surface area contributed by atoms with Crippen molar-refractivity contribution in [3.05, 3.63) is 0 Å². The van der Waals surface area contributed by atoms with Crippen LogP contribution in [0, 0.1) is 5.92 Å². The Labute approximate surface area is 75.9 Å². The van der Waals surface area contributed by atoms with E-state index in [1.807, 2.05) is 0 Å². The Kier molecular flexibility index (Phi) is 4.62. The Bertz CT molecular complexity index is 110. The minimum absolute atomic E-state index is 0.882. The molecule has 1 aliphatic rings. The second-order valence-corrected chi connectivity index (χ2v) is 3.76. The summed E-state index contributed by atoms with van der Waals surface area (Å²) < 4.78 is 5.29. The van der Waals surface area contributed by atoms with Crippen molar-refractivity contribution in [3.8, 4) is 0 Å². The Morgan fingerprint density at radius 2 is 2.00 bits per heavy atom. The van der Waals surface area contributed by atoms with Gasteiger partial charge in [0.15, 0.2) is 0 Å². The van der Waals surface area contributed by atoms with E-state index in [1.165, 1.54) is 19.4 Å². The summed E-state index contributed by atoms with van der Waals surface area (Å²) >= 11 is 0. The lowest BCUT2D eigenvalue weighted by molar-refractivity contribution is 0.0356. The molecule has 1 unspecified atom stereocenters. The molecule has 0 radical (unpaired) electrons. The van der Waals surface area contributed by atoms with Crippen LogP contribution in [0.4, 0.5) is 0 Å². The summed E-state index contributed by atoms with van der Waals surface area (Å²) in [6.45, 7) is 10.00. The molecule has 0 aromatic carbocycles. The second-order valence-electron chi connectivity index (χ2n) is 3.76. The van der Waals surface area contributed by atoms with Gasteiger partial charge in [-0.3, -0.25) is 4.90 Å². The number of hydrogen-bond donors (Lipinski definition) is 0. The summed E-state index contributed by atoms with van der Waals surface area (Å²) in [5, 5.41) is 0. The topological polar surface area (TPSA) is 12.5 Å². The van der Waals surface area contributed by atoms with E-state index >= 15 is 0 Å². The Morgan fingerprint density at radius 1 is 1.33 bits per heavy atom. The first kappa shape index (κ1) is 10.0. The zero-order valence-corrected chi connectivity index (χ0v) is 8.38. The second kappa shape index (κ2) is 5.55. The number of morpholine rings is 1. The SMILES string of the molecule is CCC(C)CCN1CCOCC1. The zero-order valence-electron chi connectivity index (χ0n) is 8.38. The van der Waals surface area contributed by atoms with Crippen LogP contribution in [0.2, 0.25) is 0 Å². The summed E-state index contributed by atoms with van der Waals surface area (Å²) in [5.74, 6) is 0.882. The zero-order chi connectivity index (χ0) is 8.81. The van der Waals surface area contributed by atoms with E-state index in [9.17, 15) is 0 Å². The number of nitrogens with zero attached hydrogens (tertiary/aromatic N) is 1. The van der Waals surface area contributed by atoms with Crippen LogP contribution in [-0.4, -0.2) is 37.7 Å². The van der Waals surface area contributed by atoms with Gasteiger partial charge in [-0.1, -0.05) is 20.3 Å². The van der Waals surface area contributed by atoms with Crippen molar-refractivity contribution < 1.29 is 4.74 Å². The van der Waals surface area contributed by atoms with Gasteiger partial charge in [-0.05, 0) is 18.9 Å². The highest BCUT2D eigenvalue weighted by Gasteiger charge is 2.10. The lowest BCUT2D eigenvalue weighted by atomic mass is 10.1. The normalized spacial score (nSPS) is 22.5. The first-order chi connectivity index (χ1) is 5.83. The summed E-state index contributed by atoms with van der Waals surface area (Å²) in [7, 11) is 0. The highest BCUT2D eigenvalue weighted by atomic mass is 16.5. The highest BCUT2D eigenvalue weighted by molar-refractivity contribution is 4.63. The minimum atomic E-state index is 0.882. The van der Waals surface area contributed by atoms with E-state index in [1.54, 1.807) is 0 Å². The Hall–Kier alpha value is -0.0800. The molecule has 2 nitrogen and oxygen atoms in total. The molecular formula is C10H21NO. The van der Waals surface area contributed by atoms with Gasteiger partial charge in [0.25, 0.3) is 0 Å². The summed E-state index contributed by atoms with van der Waals surface area (Å²) in [4.78, 5) is 2.51. The molecule has 1 fully saturated rings. The van der Waals surface area contributed by atoms with Crippen LogP contribution in [0.3, 0.4) is 0 Å². The molecule has 0 aliphatic carbocycles. The molecule has 0 spiro atoms. The molecular weight excluding hydrogens is 150 g/mol. The van der Waals surface area contributed by atoms with Crippen molar-refractivity contribution in [1.82, 2.24) is 4.90 Å². The van der Waals surface area contributed by atoms with Crippen LogP contribution >= 0.6 is 0 Å². The molecule has 0 aromatic rings. The molecule has 0 aromatic heterocycles. The molecule has 0 amide bonds.